The SMILES string of the molecule is O=C(O)C[C@@H]1CN(S(=O)(=O)c2cccc(F)c2)c2ccccc21. The molecule has 0 unspecified atom stereocenters. The highest BCUT2D eigenvalue weighted by Crippen LogP contribution is 2.40. The van der Waals surface area contributed by atoms with Crippen molar-refractivity contribution in [3.05, 3.63) is 59.9 Å². The number of anilines is 1. The molecular weight excluding hydrogens is 321 g/mol. The van der Waals surface area contributed by atoms with Gasteiger partial charge in [0, 0.05) is 12.5 Å². The zero-order valence-corrected chi connectivity index (χ0v) is 12.8. The Morgan fingerprint density at radius 2 is 1.96 bits per heavy atom. The number of aliphatic carboxylic acids is 1. The lowest BCUT2D eigenvalue weighted by molar-refractivity contribution is -0.137. The molecule has 1 aliphatic rings. The van der Waals surface area contributed by atoms with E-state index in [9.17, 15) is 17.6 Å². The summed E-state index contributed by atoms with van der Waals surface area (Å²) in [5.74, 6) is -2.05. The molecule has 0 spiro atoms. The quantitative estimate of drug-likeness (QED) is 0.932. The van der Waals surface area contributed by atoms with Crippen LogP contribution in [-0.4, -0.2) is 26.0 Å². The van der Waals surface area contributed by atoms with Gasteiger partial charge < -0.3 is 5.11 Å². The van der Waals surface area contributed by atoms with Gasteiger partial charge in [0.05, 0.1) is 17.0 Å². The van der Waals surface area contributed by atoms with Crippen LogP contribution in [0.3, 0.4) is 0 Å². The van der Waals surface area contributed by atoms with Gasteiger partial charge in [-0.25, -0.2) is 12.8 Å². The van der Waals surface area contributed by atoms with Crippen LogP contribution >= 0.6 is 0 Å². The topological polar surface area (TPSA) is 74.7 Å². The monoisotopic (exact) mass is 335 g/mol. The second kappa shape index (κ2) is 5.66. The summed E-state index contributed by atoms with van der Waals surface area (Å²) >= 11 is 0. The summed E-state index contributed by atoms with van der Waals surface area (Å²) in [5, 5.41) is 9.02. The number of carboxylic acids is 1. The molecule has 1 N–H and O–H groups in total. The third-order valence-electron chi connectivity index (χ3n) is 3.84. The molecule has 0 bridgehead atoms. The Morgan fingerprint density at radius 1 is 1.22 bits per heavy atom. The van der Waals surface area contributed by atoms with Gasteiger partial charge in [0.2, 0.25) is 0 Å². The molecule has 0 aliphatic carbocycles. The first-order chi connectivity index (χ1) is 10.9. The number of sulfonamides is 1. The van der Waals surface area contributed by atoms with Crippen molar-refractivity contribution in [1.29, 1.82) is 0 Å². The first kappa shape index (κ1) is 15.5. The summed E-state index contributed by atoms with van der Waals surface area (Å²) in [5.41, 5.74) is 1.12. The molecule has 23 heavy (non-hydrogen) atoms. The van der Waals surface area contributed by atoms with Gasteiger partial charge in [0.1, 0.15) is 5.82 Å². The molecule has 0 amide bonds. The van der Waals surface area contributed by atoms with Crippen LogP contribution in [-0.2, 0) is 14.8 Å². The van der Waals surface area contributed by atoms with Crippen LogP contribution in [0.5, 0.6) is 0 Å². The van der Waals surface area contributed by atoms with Crippen molar-refractivity contribution in [2.24, 2.45) is 0 Å². The number of rotatable bonds is 4. The average Bonchev–Trinajstić information content (AvgIpc) is 2.86. The van der Waals surface area contributed by atoms with Crippen LogP contribution in [0.25, 0.3) is 0 Å². The standard InChI is InChI=1S/C16H14FNO4S/c17-12-4-3-5-13(9-12)23(21,22)18-10-11(8-16(19)20)14-6-1-2-7-15(14)18/h1-7,9,11H,8,10H2,(H,19,20)/t11-/m1/s1. The van der Waals surface area contributed by atoms with Crippen LogP contribution in [0.1, 0.15) is 17.9 Å². The van der Waals surface area contributed by atoms with Crippen molar-refractivity contribution in [1.82, 2.24) is 0 Å². The number of benzene rings is 2. The largest absolute Gasteiger partial charge is 0.481 e. The minimum absolute atomic E-state index is 0.0322. The third kappa shape index (κ3) is 2.79. The maximum Gasteiger partial charge on any atom is 0.304 e. The van der Waals surface area contributed by atoms with Crippen molar-refractivity contribution in [2.45, 2.75) is 17.2 Å². The van der Waals surface area contributed by atoms with Crippen LogP contribution in [0.4, 0.5) is 10.1 Å². The third-order valence-corrected chi connectivity index (χ3v) is 5.61. The zero-order chi connectivity index (χ0) is 16.6. The fraction of sp³-hybridized carbons (Fsp3) is 0.188. The predicted octanol–water partition coefficient (Wildman–Crippen LogP) is 2.59. The van der Waals surface area contributed by atoms with Crippen LogP contribution in [0, 0.1) is 5.82 Å². The Bertz CT molecular complexity index is 866. The van der Waals surface area contributed by atoms with E-state index in [0.717, 1.165) is 10.4 Å². The van der Waals surface area contributed by atoms with Gasteiger partial charge in [-0.05, 0) is 29.8 Å². The summed E-state index contributed by atoms with van der Waals surface area (Å²) in [7, 11) is -3.94. The fourth-order valence-electron chi connectivity index (χ4n) is 2.82. The van der Waals surface area contributed by atoms with Crippen LogP contribution in [0.15, 0.2) is 53.4 Å². The molecular formula is C16H14FNO4S. The molecule has 1 atom stereocenters. The average molecular weight is 335 g/mol. The number of carboxylic acid groups (broad SMARTS) is 1. The molecule has 0 saturated carbocycles. The maximum atomic E-state index is 13.4. The van der Waals surface area contributed by atoms with Gasteiger partial charge in [-0.3, -0.25) is 9.10 Å². The lowest BCUT2D eigenvalue weighted by Gasteiger charge is -2.20. The van der Waals surface area contributed by atoms with Gasteiger partial charge in [0.15, 0.2) is 0 Å². The Balaban J connectivity index is 2.05. The summed E-state index contributed by atoms with van der Waals surface area (Å²) in [4.78, 5) is 10.9. The second-order valence-corrected chi connectivity index (χ2v) is 7.21. The number of fused-ring (bicyclic) bond motifs is 1. The highest BCUT2D eigenvalue weighted by atomic mass is 32.2. The van der Waals surface area contributed by atoms with Crippen molar-refractivity contribution >= 4 is 21.7 Å². The highest BCUT2D eigenvalue weighted by molar-refractivity contribution is 7.92. The normalized spacial score (nSPS) is 17.1. The molecule has 3 rings (SSSR count). The second-order valence-electron chi connectivity index (χ2n) is 5.35. The minimum Gasteiger partial charge on any atom is -0.481 e. The molecule has 0 fully saturated rings. The van der Waals surface area contributed by atoms with Gasteiger partial charge >= 0.3 is 5.97 Å². The first-order valence-corrected chi connectivity index (χ1v) is 8.42. The summed E-state index contributed by atoms with van der Waals surface area (Å²) in [6.45, 7) is 0.0322. The number of hydrogen-bond acceptors (Lipinski definition) is 3. The van der Waals surface area contributed by atoms with Crippen molar-refractivity contribution in [3.8, 4) is 0 Å². The number of para-hydroxylation sites is 1. The van der Waals surface area contributed by atoms with E-state index in [1.54, 1.807) is 24.3 Å². The summed E-state index contributed by atoms with van der Waals surface area (Å²) in [6.07, 6.45) is -0.161. The molecule has 120 valence electrons. The lowest BCUT2D eigenvalue weighted by Crippen LogP contribution is -2.30. The van der Waals surface area contributed by atoms with Crippen molar-refractivity contribution in [2.75, 3.05) is 10.8 Å². The smallest absolute Gasteiger partial charge is 0.304 e. The van der Waals surface area contributed by atoms with E-state index in [1.165, 1.54) is 18.2 Å². The van der Waals surface area contributed by atoms with Gasteiger partial charge in [0.25, 0.3) is 10.0 Å². The van der Waals surface area contributed by atoms with E-state index in [-0.39, 0.29) is 17.9 Å². The number of hydrogen-bond donors (Lipinski definition) is 1. The molecule has 5 nitrogen and oxygen atoms in total. The molecule has 1 aliphatic heterocycles. The molecule has 0 saturated heterocycles. The molecule has 0 aromatic heterocycles. The Labute approximate surface area is 133 Å². The number of halogens is 1. The van der Waals surface area contributed by atoms with E-state index in [2.05, 4.69) is 0 Å². The van der Waals surface area contributed by atoms with E-state index < -0.39 is 27.7 Å². The molecule has 7 heteroatoms. The van der Waals surface area contributed by atoms with E-state index in [1.807, 2.05) is 0 Å². The van der Waals surface area contributed by atoms with Crippen LogP contribution < -0.4 is 4.31 Å². The summed E-state index contributed by atoms with van der Waals surface area (Å²) < 4.78 is 40.1. The zero-order valence-electron chi connectivity index (χ0n) is 12.0. The number of nitrogens with zero attached hydrogens (tertiary/aromatic N) is 1. The van der Waals surface area contributed by atoms with Gasteiger partial charge in [-0.1, -0.05) is 24.3 Å². The number of carbonyl (C=O) groups is 1. The van der Waals surface area contributed by atoms with E-state index in [0.29, 0.717) is 11.3 Å². The lowest BCUT2D eigenvalue weighted by atomic mass is 9.98. The Hall–Kier alpha value is -2.41. The van der Waals surface area contributed by atoms with Gasteiger partial charge in [-0.2, -0.15) is 0 Å². The van der Waals surface area contributed by atoms with Crippen molar-refractivity contribution in [3.63, 3.8) is 0 Å². The van der Waals surface area contributed by atoms with Crippen molar-refractivity contribution < 1.29 is 22.7 Å². The Kier molecular flexibility index (Phi) is 3.81. The van der Waals surface area contributed by atoms with E-state index in [4.69, 9.17) is 5.11 Å². The first-order valence-electron chi connectivity index (χ1n) is 6.98. The molecule has 0 radical (unpaired) electrons. The molecule has 2 aromatic rings. The predicted molar refractivity (Wildman–Crippen MR) is 82.4 cm³/mol. The maximum absolute atomic E-state index is 13.4. The molecule has 2 aromatic carbocycles. The van der Waals surface area contributed by atoms with Crippen LogP contribution in [0.2, 0.25) is 0 Å². The minimum atomic E-state index is -3.94. The summed E-state index contributed by atoms with van der Waals surface area (Å²) in [6, 6.07) is 11.6. The van der Waals surface area contributed by atoms with Gasteiger partial charge in [-0.15, -0.1) is 0 Å². The Morgan fingerprint density at radius 3 is 2.65 bits per heavy atom. The van der Waals surface area contributed by atoms with E-state index >= 15 is 0 Å². The fourth-order valence-corrected chi connectivity index (χ4v) is 4.39. The molecule has 1 heterocycles. The highest BCUT2D eigenvalue weighted by Gasteiger charge is 2.37.